The fourth-order valence-electron chi connectivity index (χ4n) is 6.23. The van der Waals surface area contributed by atoms with Crippen molar-refractivity contribution in [2.24, 2.45) is 0 Å². The molecule has 9 N–H and O–H groups in total. The van der Waals surface area contributed by atoms with Crippen molar-refractivity contribution in [1.29, 1.82) is 0 Å². The van der Waals surface area contributed by atoms with Crippen molar-refractivity contribution in [3.05, 3.63) is 53.1 Å². The summed E-state index contributed by atoms with van der Waals surface area (Å²) in [5.41, 5.74) is 0.719. The van der Waals surface area contributed by atoms with E-state index in [2.05, 4.69) is 5.32 Å². The van der Waals surface area contributed by atoms with E-state index in [1.54, 1.807) is 31.2 Å². The summed E-state index contributed by atoms with van der Waals surface area (Å²) < 4.78 is 50.6. The average Bonchev–Trinajstić information content (AvgIpc) is 3.39. The molecule has 0 saturated carbocycles. The Bertz CT molecular complexity index is 1790. The zero-order valence-corrected chi connectivity index (χ0v) is 31.0. The molecule has 3 amide bonds. The van der Waals surface area contributed by atoms with Gasteiger partial charge in [0.15, 0.2) is 24.1 Å². The van der Waals surface area contributed by atoms with E-state index < -0.39 is 114 Å². The van der Waals surface area contributed by atoms with E-state index in [0.717, 1.165) is 11.2 Å². The minimum Gasteiger partial charge on any atom is -0.493 e. The van der Waals surface area contributed by atoms with Gasteiger partial charge in [0.05, 0.1) is 55.5 Å². The van der Waals surface area contributed by atoms with Gasteiger partial charge in [0.2, 0.25) is 5.91 Å². The second-order valence-electron chi connectivity index (χ2n) is 12.9. The molecule has 1 unspecified atom stereocenters. The molecule has 2 saturated heterocycles. The van der Waals surface area contributed by atoms with Gasteiger partial charge in [-0.3, -0.25) is 19.3 Å². The SMILES string of the molecule is CCOc1cc(C(CS(C)(=O)=O)N2C(=O)c3cccc(NC(C)=O)c3C2=O)ccc1OC.OC[C@H]1O[C@@H](O[C@H]2[C@H](O)[C@@H](O)[C@H](O)O[C@@H]2CO)[C@H](O)[C@@H](O)[C@H]1O. The molecule has 0 bridgehead atoms. The summed E-state index contributed by atoms with van der Waals surface area (Å²) in [6.07, 6.45) is -14.5. The number of hydrogen-bond acceptors (Lipinski definition) is 18. The van der Waals surface area contributed by atoms with Crippen molar-refractivity contribution in [1.82, 2.24) is 4.90 Å². The fraction of sp³-hybridized carbons (Fsp3) is 0.559. The molecule has 11 atom stereocenters. The van der Waals surface area contributed by atoms with Gasteiger partial charge in [0, 0.05) is 13.2 Å². The second kappa shape index (κ2) is 18.4. The third kappa shape index (κ3) is 9.76. The van der Waals surface area contributed by atoms with Crippen LogP contribution in [0.3, 0.4) is 0 Å². The van der Waals surface area contributed by atoms with Crippen LogP contribution in [0.2, 0.25) is 0 Å². The summed E-state index contributed by atoms with van der Waals surface area (Å²) in [5, 5.41) is 79.0. The number of fused-ring (bicyclic) bond motifs is 1. The first-order valence-corrected chi connectivity index (χ1v) is 19.0. The lowest BCUT2D eigenvalue weighted by atomic mass is 9.97. The van der Waals surface area contributed by atoms with Crippen molar-refractivity contribution in [3.8, 4) is 11.5 Å². The molecule has 3 heterocycles. The predicted octanol–water partition coefficient (Wildman–Crippen LogP) is -2.96. The molecular weight excluding hydrogens is 756 g/mol. The summed E-state index contributed by atoms with van der Waals surface area (Å²) in [4.78, 5) is 39.1. The molecule has 3 aliphatic rings. The molecule has 0 aromatic heterocycles. The van der Waals surface area contributed by atoms with Crippen molar-refractivity contribution in [2.45, 2.75) is 81.3 Å². The van der Waals surface area contributed by atoms with Gasteiger partial charge in [-0.2, -0.15) is 0 Å². The van der Waals surface area contributed by atoms with Crippen LogP contribution in [0.5, 0.6) is 11.5 Å². The van der Waals surface area contributed by atoms with Crippen molar-refractivity contribution < 1.29 is 87.3 Å². The largest absolute Gasteiger partial charge is 0.493 e. The first-order chi connectivity index (χ1) is 25.9. The number of nitrogens with zero attached hydrogens (tertiary/aromatic N) is 1. The molecule has 0 radical (unpaired) electrons. The van der Waals surface area contributed by atoms with Gasteiger partial charge in [0.25, 0.3) is 11.8 Å². The van der Waals surface area contributed by atoms with Crippen LogP contribution >= 0.6 is 0 Å². The van der Waals surface area contributed by atoms with E-state index in [-0.39, 0.29) is 16.8 Å². The lowest BCUT2D eigenvalue weighted by molar-refractivity contribution is -0.355. The molecule has 2 aromatic carbocycles. The molecule has 2 fully saturated rings. The molecule has 306 valence electrons. The van der Waals surface area contributed by atoms with Crippen molar-refractivity contribution in [2.75, 3.05) is 44.3 Å². The Morgan fingerprint density at radius 3 is 2.15 bits per heavy atom. The number of sulfone groups is 1. The number of ether oxygens (including phenoxy) is 5. The van der Waals surface area contributed by atoms with E-state index in [4.69, 9.17) is 28.8 Å². The minimum absolute atomic E-state index is 0.0322. The van der Waals surface area contributed by atoms with Gasteiger partial charge in [0.1, 0.15) is 58.7 Å². The molecule has 5 rings (SSSR count). The fourth-order valence-corrected chi connectivity index (χ4v) is 7.14. The molecule has 21 heteroatoms. The second-order valence-corrected chi connectivity index (χ2v) is 15.1. The number of methoxy groups -OCH3 is 1. The highest BCUT2D eigenvalue weighted by atomic mass is 32.2. The van der Waals surface area contributed by atoms with E-state index in [1.165, 1.54) is 26.2 Å². The van der Waals surface area contributed by atoms with Gasteiger partial charge in [-0.25, -0.2) is 8.42 Å². The summed E-state index contributed by atoms with van der Waals surface area (Å²) in [7, 11) is -2.13. The first-order valence-electron chi connectivity index (χ1n) is 16.9. The smallest absolute Gasteiger partial charge is 0.264 e. The first kappa shape index (κ1) is 43.9. The Labute approximate surface area is 315 Å². The van der Waals surface area contributed by atoms with Crippen LogP contribution in [0, 0.1) is 0 Å². The highest BCUT2D eigenvalue weighted by Crippen LogP contribution is 2.38. The highest BCUT2D eigenvalue weighted by molar-refractivity contribution is 7.90. The van der Waals surface area contributed by atoms with Crippen LogP contribution in [0.15, 0.2) is 36.4 Å². The van der Waals surface area contributed by atoms with Crippen molar-refractivity contribution >= 4 is 33.2 Å². The summed E-state index contributed by atoms with van der Waals surface area (Å²) in [6.45, 7) is 2.07. The predicted molar refractivity (Wildman–Crippen MR) is 186 cm³/mol. The lowest BCUT2D eigenvalue weighted by Gasteiger charge is -2.45. The molecule has 2 aromatic rings. The normalized spacial score (nSPS) is 29.9. The van der Waals surface area contributed by atoms with Crippen LogP contribution < -0.4 is 14.8 Å². The maximum absolute atomic E-state index is 13.3. The molecule has 0 spiro atoms. The Morgan fingerprint density at radius 2 is 1.56 bits per heavy atom. The third-order valence-electron chi connectivity index (χ3n) is 8.88. The summed E-state index contributed by atoms with van der Waals surface area (Å²) >= 11 is 0. The van der Waals surface area contributed by atoms with E-state index in [1.807, 2.05) is 0 Å². The zero-order valence-electron chi connectivity index (χ0n) is 30.2. The number of amides is 3. The number of hydrogen-bond donors (Lipinski definition) is 9. The maximum atomic E-state index is 13.3. The monoisotopic (exact) mass is 802 g/mol. The standard InChI is InChI=1S/C22H24N2O7S.C12H22O11/c1-5-31-19-11-14(9-10-18(19)30-3)17(12-32(4,28)29)24-21(26)15-7-6-8-16(23-13(2)25)20(15)22(24)27;13-1-3-5(15)6(16)9(19)12(22-3)23-10-4(2-14)21-11(20)8(18)7(10)17/h6-11,17H,5,12H2,1-4H3,(H,23,25);3-20H,1-2H2/t;3-,4-,5+,6+,7-,8-,9-,10-,11-,12+/m.1/s1. The number of aliphatic hydroxyl groups excluding tert-OH is 8. The third-order valence-corrected chi connectivity index (χ3v) is 9.80. The Morgan fingerprint density at radius 1 is 0.891 bits per heavy atom. The minimum atomic E-state index is -3.60. The number of nitrogens with one attached hydrogen (secondary N) is 1. The van der Waals surface area contributed by atoms with Crippen LogP contribution in [0.25, 0.3) is 0 Å². The topological polar surface area (TPSA) is 309 Å². The van der Waals surface area contributed by atoms with Gasteiger partial charge in [-0.15, -0.1) is 0 Å². The van der Waals surface area contributed by atoms with Crippen LogP contribution in [0.1, 0.15) is 46.2 Å². The van der Waals surface area contributed by atoms with Gasteiger partial charge < -0.3 is 69.9 Å². The summed E-state index contributed by atoms with van der Waals surface area (Å²) in [6, 6.07) is 8.18. The Hall–Kier alpha value is -3.84. The highest BCUT2D eigenvalue weighted by Gasteiger charge is 2.50. The number of imide groups is 1. The van der Waals surface area contributed by atoms with Gasteiger partial charge in [-0.1, -0.05) is 12.1 Å². The van der Waals surface area contributed by atoms with Crippen molar-refractivity contribution in [3.63, 3.8) is 0 Å². The van der Waals surface area contributed by atoms with E-state index in [9.17, 15) is 58.5 Å². The number of anilines is 1. The zero-order chi connectivity index (χ0) is 40.9. The Balaban J connectivity index is 0.000000258. The summed E-state index contributed by atoms with van der Waals surface area (Å²) in [5.74, 6) is -1.41. The lowest BCUT2D eigenvalue weighted by Crippen LogP contribution is -2.64. The Kier molecular flexibility index (Phi) is 14.7. The number of rotatable bonds is 12. The molecule has 0 aliphatic carbocycles. The maximum Gasteiger partial charge on any atom is 0.264 e. The molecular formula is C34H46N2O18S. The number of carbonyl (C=O) groups is 3. The number of benzene rings is 2. The molecule has 55 heavy (non-hydrogen) atoms. The van der Waals surface area contributed by atoms with Gasteiger partial charge >= 0.3 is 0 Å². The quantitative estimate of drug-likeness (QED) is 0.0968. The van der Waals surface area contributed by atoms with Crippen LogP contribution in [-0.2, 0) is 28.8 Å². The van der Waals surface area contributed by atoms with Crippen LogP contribution in [0.4, 0.5) is 5.69 Å². The molecule has 20 nitrogen and oxygen atoms in total. The van der Waals surface area contributed by atoms with Gasteiger partial charge in [-0.05, 0) is 36.8 Å². The molecule has 3 aliphatic heterocycles. The number of aliphatic hydroxyl groups is 8. The van der Waals surface area contributed by atoms with E-state index in [0.29, 0.717) is 23.7 Å². The number of carbonyl (C=O) groups excluding carboxylic acids is 3. The van der Waals surface area contributed by atoms with E-state index >= 15 is 0 Å². The van der Waals surface area contributed by atoms with Crippen LogP contribution in [-0.4, -0.2) is 172 Å². The average molecular weight is 803 g/mol.